The van der Waals surface area contributed by atoms with Gasteiger partial charge in [0.05, 0.1) is 6.10 Å². The molecule has 0 fully saturated rings. The van der Waals surface area contributed by atoms with Crippen molar-refractivity contribution >= 4 is 11.6 Å². The van der Waals surface area contributed by atoms with Gasteiger partial charge < -0.3 is 5.11 Å². The Labute approximate surface area is 117 Å². The summed E-state index contributed by atoms with van der Waals surface area (Å²) < 4.78 is 13.7. The Bertz CT molecular complexity index is 521. The third kappa shape index (κ3) is 3.34. The summed E-state index contributed by atoms with van der Waals surface area (Å²) in [5, 5.41) is 10.7. The van der Waals surface area contributed by atoms with Gasteiger partial charge in [-0.2, -0.15) is 0 Å². The fourth-order valence-electron chi connectivity index (χ4n) is 2.14. The summed E-state index contributed by atoms with van der Waals surface area (Å²) >= 11 is 6.00. The van der Waals surface area contributed by atoms with Gasteiger partial charge in [-0.25, -0.2) is 4.39 Å². The van der Waals surface area contributed by atoms with Crippen LogP contribution in [0.4, 0.5) is 4.39 Å². The van der Waals surface area contributed by atoms with Gasteiger partial charge in [-0.3, -0.25) is 0 Å². The third-order valence-electron chi connectivity index (χ3n) is 3.27. The second kappa shape index (κ2) is 6.18. The van der Waals surface area contributed by atoms with Gasteiger partial charge in [0.15, 0.2) is 0 Å². The zero-order chi connectivity index (χ0) is 13.8. The van der Waals surface area contributed by atoms with E-state index in [0.717, 1.165) is 5.56 Å². The lowest BCUT2D eigenvalue weighted by Crippen LogP contribution is -2.13. The lowest BCUT2D eigenvalue weighted by molar-refractivity contribution is 0.117. The molecule has 1 nitrogen and oxygen atoms in total. The van der Waals surface area contributed by atoms with Crippen molar-refractivity contribution in [2.24, 2.45) is 5.92 Å². The SMILES string of the molecule is CC(Cc1c(F)cccc1Cl)C(O)c1ccccc1. The van der Waals surface area contributed by atoms with E-state index in [-0.39, 0.29) is 11.7 Å². The molecule has 0 amide bonds. The minimum absolute atomic E-state index is 0.114. The molecular formula is C16H16ClFO. The van der Waals surface area contributed by atoms with Crippen molar-refractivity contribution in [3.8, 4) is 0 Å². The van der Waals surface area contributed by atoms with Gasteiger partial charge in [-0.15, -0.1) is 0 Å². The van der Waals surface area contributed by atoms with Crippen LogP contribution in [0.25, 0.3) is 0 Å². The second-order valence-corrected chi connectivity index (χ2v) is 5.14. The van der Waals surface area contributed by atoms with Gasteiger partial charge in [-0.1, -0.05) is 54.9 Å². The van der Waals surface area contributed by atoms with Gasteiger partial charge in [0.2, 0.25) is 0 Å². The van der Waals surface area contributed by atoms with E-state index in [1.807, 2.05) is 37.3 Å². The summed E-state index contributed by atoms with van der Waals surface area (Å²) in [5.74, 6) is -0.434. The van der Waals surface area contributed by atoms with Crippen molar-refractivity contribution in [1.82, 2.24) is 0 Å². The number of aliphatic hydroxyl groups excluding tert-OH is 1. The van der Waals surface area contributed by atoms with Crippen molar-refractivity contribution < 1.29 is 9.50 Å². The van der Waals surface area contributed by atoms with Crippen LogP contribution in [0.5, 0.6) is 0 Å². The quantitative estimate of drug-likeness (QED) is 0.879. The molecule has 2 atom stereocenters. The molecule has 0 aliphatic rings. The highest BCUT2D eigenvalue weighted by molar-refractivity contribution is 6.31. The summed E-state index contributed by atoms with van der Waals surface area (Å²) in [6.07, 6.45) is -0.224. The minimum atomic E-state index is -0.628. The molecule has 3 heteroatoms. The molecule has 0 heterocycles. The van der Waals surface area contributed by atoms with Crippen molar-refractivity contribution in [2.75, 3.05) is 0 Å². The van der Waals surface area contributed by atoms with E-state index in [0.29, 0.717) is 17.0 Å². The first-order valence-electron chi connectivity index (χ1n) is 6.25. The van der Waals surface area contributed by atoms with Crippen molar-refractivity contribution in [3.05, 3.63) is 70.5 Å². The van der Waals surface area contributed by atoms with Crippen LogP contribution in [0.1, 0.15) is 24.2 Å². The molecule has 2 rings (SSSR count). The standard InChI is InChI=1S/C16H16ClFO/c1-11(16(19)12-6-3-2-4-7-12)10-13-14(17)8-5-9-15(13)18/h2-9,11,16,19H,10H2,1H3. The number of rotatable bonds is 4. The molecule has 0 aromatic heterocycles. The maximum Gasteiger partial charge on any atom is 0.127 e. The van der Waals surface area contributed by atoms with Crippen LogP contribution >= 0.6 is 11.6 Å². The average molecular weight is 279 g/mol. The van der Waals surface area contributed by atoms with E-state index in [9.17, 15) is 9.50 Å². The third-order valence-corrected chi connectivity index (χ3v) is 3.62. The van der Waals surface area contributed by atoms with Crippen LogP contribution in [-0.2, 0) is 6.42 Å². The summed E-state index contributed by atoms with van der Waals surface area (Å²) in [7, 11) is 0. The summed E-state index contributed by atoms with van der Waals surface area (Å²) in [4.78, 5) is 0. The fourth-order valence-corrected chi connectivity index (χ4v) is 2.38. The van der Waals surface area contributed by atoms with Crippen LogP contribution in [0.2, 0.25) is 5.02 Å². The van der Waals surface area contributed by atoms with E-state index in [2.05, 4.69) is 0 Å². The Morgan fingerprint density at radius 2 is 1.79 bits per heavy atom. The molecule has 0 spiro atoms. The smallest absolute Gasteiger partial charge is 0.127 e. The van der Waals surface area contributed by atoms with Gasteiger partial charge in [0.25, 0.3) is 0 Å². The van der Waals surface area contributed by atoms with Crippen LogP contribution < -0.4 is 0 Å². The number of hydrogen-bond donors (Lipinski definition) is 1. The molecular weight excluding hydrogens is 263 g/mol. The Kier molecular flexibility index (Phi) is 4.56. The average Bonchev–Trinajstić information content (AvgIpc) is 2.43. The van der Waals surface area contributed by atoms with E-state index < -0.39 is 6.10 Å². The molecule has 0 radical (unpaired) electrons. The molecule has 1 N–H and O–H groups in total. The number of benzene rings is 2. The molecule has 2 unspecified atom stereocenters. The predicted molar refractivity (Wildman–Crippen MR) is 75.7 cm³/mol. The lowest BCUT2D eigenvalue weighted by Gasteiger charge is -2.20. The molecule has 0 aliphatic heterocycles. The van der Waals surface area contributed by atoms with E-state index in [4.69, 9.17) is 11.6 Å². The van der Waals surface area contributed by atoms with Gasteiger partial charge in [-0.05, 0) is 30.0 Å². The largest absolute Gasteiger partial charge is 0.388 e. The zero-order valence-electron chi connectivity index (χ0n) is 10.7. The highest BCUT2D eigenvalue weighted by Crippen LogP contribution is 2.28. The zero-order valence-corrected chi connectivity index (χ0v) is 11.4. The van der Waals surface area contributed by atoms with Crippen LogP contribution in [0.15, 0.2) is 48.5 Å². The monoisotopic (exact) mass is 278 g/mol. The lowest BCUT2D eigenvalue weighted by atomic mass is 9.91. The molecule has 19 heavy (non-hydrogen) atoms. The molecule has 100 valence electrons. The van der Waals surface area contributed by atoms with Gasteiger partial charge >= 0.3 is 0 Å². The summed E-state index contributed by atoms with van der Waals surface area (Å²) in [6, 6.07) is 14.0. The predicted octanol–water partition coefficient (Wildman–Crippen LogP) is 4.39. The Morgan fingerprint density at radius 1 is 1.11 bits per heavy atom. The first-order chi connectivity index (χ1) is 9.09. The van der Waals surface area contributed by atoms with Crippen molar-refractivity contribution in [3.63, 3.8) is 0 Å². The number of halogens is 2. The first kappa shape index (κ1) is 14.0. The molecule has 0 saturated carbocycles. The van der Waals surface area contributed by atoms with Crippen LogP contribution in [0.3, 0.4) is 0 Å². The molecule has 0 aliphatic carbocycles. The van der Waals surface area contributed by atoms with E-state index in [1.54, 1.807) is 12.1 Å². The maximum absolute atomic E-state index is 13.7. The van der Waals surface area contributed by atoms with Gasteiger partial charge in [0.1, 0.15) is 5.82 Å². The molecule has 2 aromatic rings. The normalized spacial score (nSPS) is 14.1. The molecule has 0 bridgehead atoms. The van der Waals surface area contributed by atoms with E-state index >= 15 is 0 Å². The topological polar surface area (TPSA) is 20.2 Å². The van der Waals surface area contributed by atoms with Crippen molar-refractivity contribution in [2.45, 2.75) is 19.4 Å². The second-order valence-electron chi connectivity index (χ2n) is 4.74. The van der Waals surface area contributed by atoms with E-state index in [1.165, 1.54) is 6.07 Å². The minimum Gasteiger partial charge on any atom is -0.388 e. The first-order valence-corrected chi connectivity index (χ1v) is 6.63. The molecule has 0 saturated heterocycles. The Morgan fingerprint density at radius 3 is 2.42 bits per heavy atom. The van der Waals surface area contributed by atoms with Crippen LogP contribution in [0, 0.1) is 11.7 Å². The van der Waals surface area contributed by atoms with Gasteiger partial charge in [0, 0.05) is 10.6 Å². The Hall–Kier alpha value is -1.38. The highest BCUT2D eigenvalue weighted by atomic mass is 35.5. The number of aliphatic hydroxyl groups is 1. The number of hydrogen-bond acceptors (Lipinski definition) is 1. The summed E-state index contributed by atoms with van der Waals surface area (Å²) in [5.41, 5.74) is 1.30. The van der Waals surface area contributed by atoms with Crippen LogP contribution in [-0.4, -0.2) is 5.11 Å². The Balaban J connectivity index is 2.15. The van der Waals surface area contributed by atoms with Crippen molar-refractivity contribution in [1.29, 1.82) is 0 Å². The fraction of sp³-hybridized carbons (Fsp3) is 0.250. The molecule has 2 aromatic carbocycles. The highest BCUT2D eigenvalue weighted by Gasteiger charge is 2.19. The maximum atomic E-state index is 13.7. The summed E-state index contributed by atoms with van der Waals surface area (Å²) in [6.45, 7) is 1.89.